The van der Waals surface area contributed by atoms with Gasteiger partial charge in [0.05, 0.1) is 5.41 Å². The summed E-state index contributed by atoms with van der Waals surface area (Å²) in [7, 11) is 0. The molecule has 1 amide bonds. The van der Waals surface area contributed by atoms with Gasteiger partial charge in [0.15, 0.2) is 4.96 Å². The number of nitrogens with zero attached hydrogens (tertiary/aromatic N) is 2. The summed E-state index contributed by atoms with van der Waals surface area (Å²) in [5, 5.41) is 11.6. The highest BCUT2D eigenvalue weighted by atomic mass is 32.1. The first kappa shape index (κ1) is 17.1. The zero-order chi connectivity index (χ0) is 17.4. The first-order valence-electron chi connectivity index (χ1n) is 7.14. The van der Waals surface area contributed by atoms with Crippen LogP contribution in [0, 0.1) is 19.3 Å². The van der Waals surface area contributed by atoms with E-state index < -0.39 is 22.9 Å². The van der Waals surface area contributed by atoms with Gasteiger partial charge in [-0.05, 0) is 34.1 Å². The molecular weight excluding hydrogens is 318 g/mol. The zero-order valence-corrected chi connectivity index (χ0v) is 14.3. The van der Waals surface area contributed by atoms with Gasteiger partial charge in [-0.15, -0.1) is 11.3 Å². The summed E-state index contributed by atoms with van der Waals surface area (Å²) in [6.07, 6.45) is 1.53. The molecule has 0 fully saturated rings. The zero-order valence-electron chi connectivity index (χ0n) is 13.5. The highest BCUT2D eigenvalue weighted by molar-refractivity contribution is 7.17. The second kappa shape index (κ2) is 6.11. The lowest BCUT2D eigenvalue weighted by Crippen LogP contribution is -2.35. The third kappa shape index (κ3) is 3.26. The van der Waals surface area contributed by atoms with E-state index in [1.165, 1.54) is 21.9 Å². The van der Waals surface area contributed by atoms with Gasteiger partial charge in [-0.1, -0.05) is 0 Å². The van der Waals surface area contributed by atoms with E-state index >= 15 is 0 Å². The van der Waals surface area contributed by atoms with E-state index in [2.05, 4.69) is 10.3 Å². The molecule has 0 spiro atoms. The summed E-state index contributed by atoms with van der Waals surface area (Å²) in [5.41, 5.74) is -0.626. The Morgan fingerprint density at radius 3 is 2.65 bits per heavy atom. The van der Waals surface area contributed by atoms with Crippen molar-refractivity contribution in [1.82, 2.24) is 14.7 Å². The molecule has 0 radical (unpaired) electrons. The molecule has 2 aromatic rings. The number of rotatable bonds is 5. The third-order valence-corrected chi connectivity index (χ3v) is 4.95. The topological polar surface area (TPSA) is 101 Å². The van der Waals surface area contributed by atoms with Gasteiger partial charge in [-0.25, -0.2) is 4.98 Å². The van der Waals surface area contributed by atoms with Crippen LogP contribution in [0.2, 0.25) is 0 Å². The lowest BCUT2D eigenvalue weighted by atomic mass is 9.90. The molecule has 0 unspecified atom stereocenters. The van der Waals surface area contributed by atoms with Crippen molar-refractivity contribution < 1.29 is 14.7 Å². The van der Waals surface area contributed by atoms with Crippen LogP contribution in [0.3, 0.4) is 0 Å². The van der Waals surface area contributed by atoms with Crippen molar-refractivity contribution in [3.63, 3.8) is 0 Å². The number of carbonyl (C=O) groups is 2. The Bertz CT molecular complexity index is 835. The predicted octanol–water partition coefficient (Wildman–Crippen LogP) is 1.60. The summed E-state index contributed by atoms with van der Waals surface area (Å²) in [5.74, 6) is -1.47. The molecule has 23 heavy (non-hydrogen) atoms. The Balaban J connectivity index is 2.19. The van der Waals surface area contributed by atoms with Gasteiger partial charge in [0.1, 0.15) is 5.56 Å². The number of aliphatic carboxylic acids is 1. The Morgan fingerprint density at radius 2 is 2.04 bits per heavy atom. The van der Waals surface area contributed by atoms with Crippen molar-refractivity contribution in [2.24, 2.45) is 5.41 Å². The number of aryl methyl sites for hydroxylation is 2. The monoisotopic (exact) mass is 337 g/mol. The van der Waals surface area contributed by atoms with Crippen LogP contribution in [0.1, 0.15) is 41.2 Å². The van der Waals surface area contributed by atoms with Crippen molar-refractivity contribution in [3.8, 4) is 0 Å². The highest BCUT2D eigenvalue weighted by Gasteiger charge is 2.27. The normalized spacial score (nSPS) is 11.7. The van der Waals surface area contributed by atoms with Crippen LogP contribution in [-0.2, 0) is 4.79 Å². The lowest BCUT2D eigenvalue weighted by molar-refractivity contribution is -0.147. The lowest BCUT2D eigenvalue weighted by Gasteiger charge is -2.18. The number of hydrogen-bond donors (Lipinski definition) is 2. The second-order valence-electron chi connectivity index (χ2n) is 6.03. The molecule has 2 rings (SSSR count). The molecule has 0 bridgehead atoms. The summed E-state index contributed by atoms with van der Waals surface area (Å²) in [6, 6.07) is 0. The number of fused-ring (bicyclic) bond motifs is 1. The number of carboxylic acids is 1. The Labute approximate surface area is 137 Å². The fourth-order valence-electron chi connectivity index (χ4n) is 2.02. The maximum atomic E-state index is 12.4. The molecule has 2 heterocycles. The molecule has 2 aromatic heterocycles. The van der Waals surface area contributed by atoms with E-state index in [0.29, 0.717) is 4.96 Å². The van der Waals surface area contributed by atoms with Crippen molar-refractivity contribution >= 4 is 28.2 Å². The Hall–Kier alpha value is -2.22. The van der Waals surface area contributed by atoms with Gasteiger partial charge >= 0.3 is 5.97 Å². The molecule has 0 aliphatic carbocycles. The van der Waals surface area contributed by atoms with E-state index in [1.54, 1.807) is 20.8 Å². The Kier molecular flexibility index (Phi) is 4.56. The number of thiazole rings is 1. The van der Waals surface area contributed by atoms with Crippen LogP contribution in [0.4, 0.5) is 0 Å². The minimum absolute atomic E-state index is 0.0449. The van der Waals surface area contributed by atoms with Gasteiger partial charge in [0, 0.05) is 23.3 Å². The van der Waals surface area contributed by atoms with Crippen LogP contribution in [0.15, 0.2) is 11.0 Å². The smallest absolute Gasteiger partial charge is 0.309 e. The first-order valence-corrected chi connectivity index (χ1v) is 7.96. The van der Waals surface area contributed by atoms with E-state index in [1.807, 2.05) is 6.92 Å². The number of amides is 1. The van der Waals surface area contributed by atoms with Crippen molar-refractivity contribution in [3.05, 3.63) is 32.7 Å². The fraction of sp³-hybridized carbons (Fsp3) is 0.467. The van der Waals surface area contributed by atoms with Crippen LogP contribution < -0.4 is 10.9 Å². The van der Waals surface area contributed by atoms with E-state index in [9.17, 15) is 14.4 Å². The largest absolute Gasteiger partial charge is 0.481 e. The second-order valence-corrected chi connectivity index (χ2v) is 7.22. The summed E-state index contributed by atoms with van der Waals surface area (Å²) < 4.78 is 1.43. The molecule has 124 valence electrons. The minimum atomic E-state index is -0.939. The molecule has 7 nitrogen and oxygen atoms in total. The molecular formula is C15H19N3O4S. The minimum Gasteiger partial charge on any atom is -0.481 e. The molecule has 0 saturated carbocycles. The average Bonchev–Trinajstić information content (AvgIpc) is 2.74. The van der Waals surface area contributed by atoms with Crippen LogP contribution in [0.5, 0.6) is 0 Å². The van der Waals surface area contributed by atoms with Gasteiger partial charge in [-0.2, -0.15) is 0 Å². The van der Waals surface area contributed by atoms with Crippen LogP contribution in [-0.4, -0.2) is 32.9 Å². The fourth-order valence-corrected chi connectivity index (χ4v) is 2.95. The van der Waals surface area contributed by atoms with Gasteiger partial charge in [0.2, 0.25) is 0 Å². The van der Waals surface area contributed by atoms with E-state index in [0.717, 1.165) is 10.6 Å². The van der Waals surface area contributed by atoms with Gasteiger partial charge < -0.3 is 10.4 Å². The maximum Gasteiger partial charge on any atom is 0.309 e. The third-order valence-electron chi connectivity index (χ3n) is 3.88. The first-order chi connectivity index (χ1) is 10.6. The maximum absolute atomic E-state index is 12.4. The highest BCUT2D eigenvalue weighted by Crippen LogP contribution is 2.20. The van der Waals surface area contributed by atoms with Crippen LogP contribution >= 0.6 is 11.3 Å². The quantitative estimate of drug-likeness (QED) is 0.863. The van der Waals surface area contributed by atoms with E-state index in [4.69, 9.17) is 5.11 Å². The predicted molar refractivity (Wildman–Crippen MR) is 87.2 cm³/mol. The summed E-state index contributed by atoms with van der Waals surface area (Å²) in [4.78, 5) is 41.3. The molecule has 0 saturated heterocycles. The molecule has 2 N–H and O–H groups in total. The summed E-state index contributed by atoms with van der Waals surface area (Å²) in [6.45, 7) is 7.03. The average molecular weight is 337 g/mol. The molecule has 0 aliphatic heterocycles. The molecule has 8 heteroatoms. The molecule has 0 aliphatic rings. The van der Waals surface area contributed by atoms with E-state index in [-0.39, 0.29) is 18.5 Å². The van der Waals surface area contributed by atoms with Gasteiger partial charge in [0.25, 0.3) is 11.5 Å². The number of carbonyl (C=O) groups excluding carboxylic acids is 1. The van der Waals surface area contributed by atoms with Gasteiger partial charge in [-0.3, -0.25) is 18.8 Å². The standard InChI is InChI=1S/C15H19N3O4S/c1-8-9(2)23-14-17-7-10(12(20)18(8)14)11(19)16-6-5-15(3,4)13(21)22/h7H,5-6H2,1-4H3,(H,16,19)(H,21,22). The van der Waals surface area contributed by atoms with Crippen LogP contribution in [0.25, 0.3) is 4.96 Å². The SMILES string of the molecule is Cc1sc2ncc(C(=O)NCCC(C)(C)C(=O)O)c(=O)n2c1C. The van der Waals surface area contributed by atoms with Crippen molar-refractivity contribution in [2.75, 3.05) is 6.54 Å². The Morgan fingerprint density at radius 1 is 1.39 bits per heavy atom. The number of aromatic nitrogens is 2. The summed E-state index contributed by atoms with van der Waals surface area (Å²) >= 11 is 1.39. The number of carboxylic acid groups (broad SMARTS) is 1. The van der Waals surface area contributed by atoms with Crippen molar-refractivity contribution in [2.45, 2.75) is 34.1 Å². The number of hydrogen-bond acceptors (Lipinski definition) is 5. The van der Waals surface area contributed by atoms with Crippen molar-refractivity contribution in [1.29, 1.82) is 0 Å². The number of nitrogens with one attached hydrogen (secondary N) is 1. The molecule has 0 atom stereocenters. The molecule has 0 aromatic carbocycles.